The van der Waals surface area contributed by atoms with Gasteiger partial charge in [0, 0.05) is 18.4 Å². The first kappa shape index (κ1) is 18.4. The van der Waals surface area contributed by atoms with Crippen molar-refractivity contribution < 1.29 is 18.8 Å². The minimum atomic E-state index is -0.559. The third kappa shape index (κ3) is 2.99. The van der Waals surface area contributed by atoms with Crippen LogP contribution in [0.3, 0.4) is 0 Å². The van der Waals surface area contributed by atoms with E-state index in [0.717, 1.165) is 18.4 Å². The molecule has 2 N–H and O–H groups in total. The van der Waals surface area contributed by atoms with Crippen molar-refractivity contribution in [3.63, 3.8) is 0 Å². The Hall–Kier alpha value is -3.00. The van der Waals surface area contributed by atoms with Gasteiger partial charge in [0.05, 0.1) is 19.3 Å². The first-order valence-corrected chi connectivity index (χ1v) is 9.44. The lowest BCUT2D eigenvalue weighted by atomic mass is 10.1. The molecule has 28 heavy (non-hydrogen) atoms. The zero-order chi connectivity index (χ0) is 19.8. The molecule has 0 radical (unpaired) electrons. The number of rotatable bonds is 4. The van der Waals surface area contributed by atoms with Crippen LogP contribution in [-0.4, -0.2) is 34.7 Å². The van der Waals surface area contributed by atoms with Crippen LogP contribution in [0.1, 0.15) is 35.7 Å². The Kier molecular flexibility index (Phi) is 4.72. The van der Waals surface area contributed by atoms with E-state index in [0.29, 0.717) is 29.8 Å². The van der Waals surface area contributed by atoms with Crippen molar-refractivity contribution >= 4 is 28.5 Å². The molecule has 1 aliphatic rings. The molecular formula is C20H23N4O4+. The smallest absolute Gasteiger partial charge is 0.344 e. The van der Waals surface area contributed by atoms with Crippen molar-refractivity contribution in [3.05, 3.63) is 45.9 Å². The first-order chi connectivity index (χ1) is 13.5. The van der Waals surface area contributed by atoms with E-state index in [4.69, 9.17) is 20.2 Å². The number of pyridine rings is 2. The number of aryl methyl sites for hydroxylation is 1. The van der Waals surface area contributed by atoms with E-state index in [1.807, 2.05) is 13.0 Å². The molecule has 0 saturated carbocycles. The summed E-state index contributed by atoms with van der Waals surface area (Å²) >= 11 is 0. The van der Waals surface area contributed by atoms with Crippen LogP contribution in [0.5, 0.6) is 0 Å². The number of nitrogen functional groups attached to an aromatic ring is 1. The maximum atomic E-state index is 13.2. The summed E-state index contributed by atoms with van der Waals surface area (Å²) in [5.41, 5.74) is 8.14. The predicted octanol–water partition coefficient (Wildman–Crippen LogP) is 1.38. The van der Waals surface area contributed by atoms with Gasteiger partial charge in [-0.25, -0.2) is 9.36 Å². The number of carbonyl (C=O) groups excluding carboxylic acids is 1. The summed E-state index contributed by atoms with van der Waals surface area (Å²) in [5.74, 6) is -0.331. The van der Waals surface area contributed by atoms with E-state index >= 15 is 0 Å². The highest BCUT2D eigenvalue weighted by Crippen LogP contribution is 2.19. The molecule has 8 heteroatoms. The molecular weight excluding hydrogens is 360 g/mol. The topological polar surface area (TPSA) is 99.8 Å². The van der Waals surface area contributed by atoms with E-state index in [-0.39, 0.29) is 29.7 Å². The van der Waals surface area contributed by atoms with Gasteiger partial charge >= 0.3 is 5.97 Å². The van der Waals surface area contributed by atoms with Crippen LogP contribution in [0.25, 0.3) is 16.7 Å². The minimum Gasteiger partial charge on any atom is -0.462 e. The van der Waals surface area contributed by atoms with Gasteiger partial charge in [-0.05, 0) is 38.8 Å². The fourth-order valence-electron chi connectivity index (χ4n) is 3.66. The second-order valence-electron chi connectivity index (χ2n) is 6.95. The highest BCUT2D eigenvalue weighted by atomic mass is 16.5. The molecule has 0 amide bonds. The Labute approximate surface area is 161 Å². The largest absolute Gasteiger partial charge is 0.462 e. The van der Waals surface area contributed by atoms with Crippen LogP contribution in [0.2, 0.25) is 0 Å². The molecule has 146 valence electrons. The van der Waals surface area contributed by atoms with Crippen molar-refractivity contribution in [2.75, 3.05) is 18.9 Å². The van der Waals surface area contributed by atoms with E-state index in [1.165, 1.54) is 10.5 Å². The standard InChI is InChI=1S/C20H22N4O4/c1-3-27-20(26)14-10-15-18(24(16(14)21)11-13-7-5-9-28-13)22-17-12(2)6-4-8-23(17)19(15)25/h4,6,8,10,13,21H,3,5,7,9,11H2,1-2H3/p+1/t13-/m0/s1. The number of ether oxygens (including phenoxy) is 2. The third-order valence-corrected chi connectivity index (χ3v) is 5.08. The Balaban J connectivity index is 2.04. The van der Waals surface area contributed by atoms with Gasteiger partial charge in [-0.15, -0.1) is 0 Å². The van der Waals surface area contributed by atoms with E-state index in [2.05, 4.69) is 0 Å². The highest BCUT2D eigenvalue weighted by Gasteiger charge is 2.28. The second kappa shape index (κ2) is 7.20. The number of nitrogens with two attached hydrogens (primary N) is 1. The van der Waals surface area contributed by atoms with Crippen LogP contribution in [0.4, 0.5) is 5.82 Å². The summed E-state index contributed by atoms with van der Waals surface area (Å²) in [5, 5.41) is 0.318. The maximum absolute atomic E-state index is 13.2. The SMILES string of the molecule is CCOC(=O)c1cc2c(=O)n3cccc(C)c3nc2[n+](C[C@@H]2CCCO2)c1N. The summed E-state index contributed by atoms with van der Waals surface area (Å²) in [6.07, 6.45) is 3.49. The fraction of sp³-hybridized carbons (Fsp3) is 0.400. The Bertz CT molecular complexity index is 1130. The van der Waals surface area contributed by atoms with Crippen molar-refractivity contribution in [3.8, 4) is 0 Å². The number of nitrogens with zero attached hydrogens (tertiary/aromatic N) is 3. The molecule has 0 aliphatic carbocycles. The van der Waals surface area contributed by atoms with Crippen LogP contribution >= 0.6 is 0 Å². The van der Waals surface area contributed by atoms with Crippen molar-refractivity contribution in [2.45, 2.75) is 39.3 Å². The Morgan fingerprint density at radius 1 is 1.50 bits per heavy atom. The monoisotopic (exact) mass is 383 g/mol. The Morgan fingerprint density at radius 2 is 2.32 bits per heavy atom. The van der Waals surface area contributed by atoms with Crippen molar-refractivity contribution in [1.82, 2.24) is 9.38 Å². The van der Waals surface area contributed by atoms with Gasteiger partial charge in [0.2, 0.25) is 11.5 Å². The number of hydrogen-bond acceptors (Lipinski definition) is 6. The molecule has 0 spiro atoms. The molecule has 1 saturated heterocycles. The van der Waals surface area contributed by atoms with Gasteiger partial charge in [-0.1, -0.05) is 11.1 Å². The predicted molar refractivity (Wildman–Crippen MR) is 103 cm³/mol. The first-order valence-electron chi connectivity index (χ1n) is 9.44. The minimum absolute atomic E-state index is 0.0370. The fourth-order valence-corrected chi connectivity index (χ4v) is 3.66. The molecule has 0 bridgehead atoms. The van der Waals surface area contributed by atoms with Gasteiger partial charge in [0.15, 0.2) is 0 Å². The van der Waals surface area contributed by atoms with Crippen molar-refractivity contribution in [2.24, 2.45) is 0 Å². The lowest BCUT2D eigenvalue weighted by Crippen LogP contribution is -2.46. The molecule has 1 fully saturated rings. The number of esters is 1. The van der Waals surface area contributed by atoms with Gasteiger partial charge in [-0.2, -0.15) is 0 Å². The number of aromatic nitrogens is 3. The number of fused-ring (bicyclic) bond motifs is 2. The molecule has 4 rings (SSSR count). The Morgan fingerprint density at radius 3 is 3.04 bits per heavy atom. The zero-order valence-corrected chi connectivity index (χ0v) is 16.0. The van der Waals surface area contributed by atoms with Crippen LogP contribution in [0, 0.1) is 6.92 Å². The maximum Gasteiger partial charge on any atom is 0.344 e. The van der Waals surface area contributed by atoms with Crippen LogP contribution in [0.15, 0.2) is 29.2 Å². The second-order valence-corrected chi connectivity index (χ2v) is 6.95. The molecule has 4 heterocycles. The molecule has 3 aromatic rings. The van der Waals surface area contributed by atoms with Gasteiger partial charge < -0.3 is 15.2 Å². The number of carbonyl (C=O) groups is 1. The van der Waals surface area contributed by atoms with E-state index < -0.39 is 5.97 Å². The van der Waals surface area contributed by atoms with Gasteiger partial charge in [-0.3, -0.25) is 9.20 Å². The number of anilines is 1. The highest BCUT2D eigenvalue weighted by molar-refractivity contribution is 5.96. The molecule has 1 atom stereocenters. The normalized spacial score (nSPS) is 16.7. The third-order valence-electron chi connectivity index (χ3n) is 5.08. The van der Waals surface area contributed by atoms with Crippen LogP contribution < -0.4 is 15.9 Å². The number of hydrogen-bond donors (Lipinski definition) is 1. The molecule has 0 aromatic carbocycles. The summed E-state index contributed by atoms with van der Waals surface area (Å²) in [6, 6.07) is 5.17. The quantitative estimate of drug-likeness (QED) is 0.415. The van der Waals surface area contributed by atoms with E-state index in [9.17, 15) is 9.59 Å². The molecule has 3 aromatic heterocycles. The van der Waals surface area contributed by atoms with Crippen molar-refractivity contribution in [1.29, 1.82) is 0 Å². The average Bonchev–Trinajstić information content (AvgIpc) is 3.18. The average molecular weight is 383 g/mol. The summed E-state index contributed by atoms with van der Waals surface area (Å²) in [7, 11) is 0. The van der Waals surface area contributed by atoms with Crippen LogP contribution in [-0.2, 0) is 16.0 Å². The van der Waals surface area contributed by atoms with Gasteiger partial charge in [0.1, 0.15) is 10.9 Å². The van der Waals surface area contributed by atoms with Gasteiger partial charge in [0.25, 0.3) is 11.2 Å². The summed E-state index contributed by atoms with van der Waals surface area (Å²) in [6.45, 7) is 4.95. The zero-order valence-electron chi connectivity index (χ0n) is 16.0. The lowest BCUT2D eigenvalue weighted by Gasteiger charge is -2.14. The summed E-state index contributed by atoms with van der Waals surface area (Å²) in [4.78, 5) is 30.3. The van der Waals surface area contributed by atoms with E-state index in [1.54, 1.807) is 23.8 Å². The molecule has 1 aliphatic heterocycles. The summed E-state index contributed by atoms with van der Waals surface area (Å²) < 4.78 is 14.1. The molecule has 0 unspecified atom stereocenters. The lowest BCUT2D eigenvalue weighted by molar-refractivity contribution is -0.666. The molecule has 8 nitrogen and oxygen atoms in total.